The summed E-state index contributed by atoms with van der Waals surface area (Å²) in [7, 11) is 0. The normalized spacial score (nSPS) is 21.5. The first kappa shape index (κ1) is 28.4. The number of hydrogen-bond acceptors (Lipinski definition) is 7. The van der Waals surface area contributed by atoms with E-state index in [9.17, 15) is 9.90 Å². The zero-order chi connectivity index (χ0) is 27.9. The van der Waals surface area contributed by atoms with Crippen LogP contribution in [-0.2, 0) is 11.3 Å². The summed E-state index contributed by atoms with van der Waals surface area (Å²) in [5.74, 6) is 1.27. The molecular weight excluding hydrogens is 508 g/mol. The fraction of sp³-hybridized carbons (Fsp3) is 0.533. The Kier molecular flexibility index (Phi) is 9.53. The highest BCUT2D eigenvalue weighted by Crippen LogP contribution is 2.26. The predicted octanol–water partition coefficient (Wildman–Crippen LogP) is 2.20. The number of aliphatic hydroxyl groups excluding tert-OH is 1. The maximum absolute atomic E-state index is 13.4. The molecule has 10 nitrogen and oxygen atoms in total. The molecule has 3 saturated heterocycles. The Hall–Kier alpha value is -3.18. The number of benzene rings is 2. The molecule has 2 aromatic rings. The molecule has 3 aliphatic heterocycles. The molecule has 0 aliphatic carbocycles. The van der Waals surface area contributed by atoms with Crippen molar-refractivity contribution in [2.45, 2.75) is 25.5 Å². The minimum atomic E-state index is -0.623. The number of urea groups is 1. The quantitative estimate of drug-likeness (QED) is 0.307. The molecule has 3 heterocycles. The van der Waals surface area contributed by atoms with Crippen molar-refractivity contribution in [3.05, 3.63) is 59.7 Å². The Morgan fingerprint density at radius 1 is 1.02 bits per heavy atom. The Morgan fingerprint density at radius 3 is 2.58 bits per heavy atom. The number of anilines is 1. The van der Waals surface area contributed by atoms with Crippen LogP contribution in [0, 0.1) is 11.3 Å². The number of amidine groups is 1. The molecule has 1 atom stereocenters. The summed E-state index contributed by atoms with van der Waals surface area (Å²) in [6, 6.07) is 15.4. The molecule has 3 aliphatic rings. The van der Waals surface area contributed by atoms with E-state index in [0.29, 0.717) is 36.9 Å². The molecule has 2 amide bonds. The highest BCUT2D eigenvalue weighted by molar-refractivity contribution is 5.98. The maximum Gasteiger partial charge on any atom is 0.324 e. The van der Waals surface area contributed by atoms with Crippen LogP contribution in [0.15, 0.2) is 48.5 Å². The van der Waals surface area contributed by atoms with Gasteiger partial charge in [0.25, 0.3) is 0 Å². The molecule has 2 aromatic carbocycles. The van der Waals surface area contributed by atoms with Crippen LogP contribution in [0.1, 0.15) is 24.0 Å². The van der Waals surface area contributed by atoms with Crippen molar-refractivity contribution in [1.82, 2.24) is 14.7 Å². The lowest BCUT2D eigenvalue weighted by atomic mass is 9.95. The molecule has 0 saturated carbocycles. The van der Waals surface area contributed by atoms with Crippen molar-refractivity contribution < 1.29 is 19.4 Å². The number of β-amino-alcohol motifs (C(OH)–C–C–N with tert-alkyl or cyclic N) is 1. The third-order valence-electron chi connectivity index (χ3n) is 8.07. The number of rotatable bonds is 10. The van der Waals surface area contributed by atoms with Gasteiger partial charge in [0.1, 0.15) is 18.2 Å². The number of likely N-dealkylation sites (tertiary alicyclic amines) is 1. The van der Waals surface area contributed by atoms with Gasteiger partial charge < -0.3 is 25.2 Å². The second-order valence-electron chi connectivity index (χ2n) is 11.1. The SMILES string of the molecule is N=C(N)c1cccc(N2CC(O)CN(CC3CCN(Cc4cccc(OCCN5CCOCC5)c4)CC3)C2=O)c1. The van der Waals surface area contributed by atoms with E-state index in [0.717, 1.165) is 71.1 Å². The monoisotopic (exact) mass is 550 g/mol. The lowest BCUT2D eigenvalue weighted by Gasteiger charge is -2.41. The number of carbonyl (C=O) groups is 1. The number of aliphatic hydroxyl groups is 1. The number of nitrogens with two attached hydrogens (primary N) is 1. The first-order valence-electron chi connectivity index (χ1n) is 14.4. The summed E-state index contributed by atoms with van der Waals surface area (Å²) in [5.41, 5.74) is 8.11. The topological polar surface area (TPSA) is 119 Å². The largest absolute Gasteiger partial charge is 0.492 e. The highest BCUT2D eigenvalue weighted by atomic mass is 16.5. The zero-order valence-electron chi connectivity index (χ0n) is 23.2. The lowest BCUT2D eigenvalue weighted by molar-refractivity contribution is 0.0322. The smallest absolute Gasteiger partial charge is 0.324 e. The molecule has 3 fully saturated rings. The number of carbonyl (C=O) groups excluding carboxylic acids is 1. The van der Waals surface area contributed by atoms with E-state index in [2.05, 4.69) is 28.0 Å². The molecule has 0 spiro atoms. The van der Waals surface area contributed by atoms with Crippen LogP contribution >= 0.6 is 0 Å². The number of hydrogen-bond donors (Lipinski definition) is 3. The van der Waals surface area contributed by atoms with Crippen molar-refractivity contribution in [1.29, 1.82) is 5.41 Å². The van der Waals surface area contributed by atoms with Crippen molar-refractivity contribution in [2.24, 2.45) is 11.7 Å². The summed E-state index contributed by atoms with van der Waals surface area (Å²) in [4.78, 5) is 21.6. The van der Waals surface area contributed by atoms with Crippen molar-refractivity contribution in [3.63, 3.8) is 0 Å². The van der Waals surface area contributed by atoms with E-state index in [1.54, 1.807) is 28.0 Å². The van der Waals surface area contributed by atoms with Crippen molar-refractivity contribution in [2.75, 3.05) is 77.1 Å². The molecule has 10 heteroatoms. The Morgan fingerprint density at radius 2 is 1.80 bits per heavy atom. The van der Waals surface area contributed by atoms with Crippen molar-refractivity contribution in [3.8, 4) is 5.75 Å². The van der Waals surface area contributed by atoms with E-state index in [4.69, 9.17) is 20.6 Å². The predicted molar refractivity (Wildman–Crippen MR) is 155 cm³/mol. The number of nitrogen functional groups attached to an aromatic ring is 1. The van der Waals surface area contributed by atoms with Crippen LogP contribution in [0.4, 0.5) is 10.5 Å². The fourth-order valence-corrected chi connectivity index (χ4v) is 5.81. The standard InChI is InChI=1S/C30H42N6O4/c31-29(32)25-4-2-5-26(18-25)36-22-27(37)21-35(30(36)38)20-23-7-9-34(10-8-23)19-24-3-1-6-28(17-24)40-16-13-33-11-14-39-15-12-33/h1-6,17-18,23,27,37H,7-16,19-22H2,(H3,31,32). The first-order valence-corrected chi connectivity index (χ1v) is 14.4. The number of morpholine rings is 1. The summed E-state index contributed by atoms with van der Waals surface area (Å²) < 4.78 is 11.4. The second kappa shape index (κ2) is 13.5. The van der Waals surface area contributed by atoms with Gasteiger partial charge in [0.15, 0.2) is 0 Å². The Labute approximate surface area is 236 Å². The lowest BCUT2D eigenvalue weighted by Crippen LogP contribution is -2.57. The minimum Gasteiger partial charge on any atom is -0.492 e. The van der Waals surface area contributed by atoms with Gasteiger partial charge in [-0.05, 0) is 61.7 Å². The van der Waals surface area contributed by atoms with Gasteiger partial charge in [-0.25, -0.2) is 4.79 Å². The minimum absolute atomic E-state index is 0.0431. The van der Waals surface area contributed by atoms with Gasteiger partial charge in [-0.3, -0.25) is 20.1 Å². The third-order valence-corrected chi connectivity index (χ3v) is 8.07. The van der Waals surface area contributed by atoms with Gasteiger partial charge in [0.2, 0.25) is 0 Å². The molecule has 0 aromatic heterocycles. The average Bonchev–Trinajstić information content (AvgIpc) is 2.97. The number of nitrogens with one attached hydrogen (secondary N) is 1. The van der Waals surface area contributed by atoms with Gasteiger partial charge in [0.05, 0.1) is 32.4 Å². The van der Waals surface area contributed by atoms with E-state index >= 15 is 0 Å². The van der Waals surface area contributed by atoms with Gasteiger partial charge in [-0.1, -0.05) is 24.3 Å². The second-order valence-corrected chi connectivity index (χ2v) is 11.1. The van der Waals surface area contributed by atoms with Gasteiger partial charge >= 0.3 is 6.03 Å². The highest BCUT2D eigenvalue weighted by Gasteiger charge is 2.34. The van der Waals surface area contributed by atoms with Crippen LogP contribution in [0.3, 0.4) is 0 Å². The summed E-state index contributed by atoms with van der Waals surface area (Å²) in [6.07, 6.45) is 1.40. The number of piperidine rings is 1. The van der Waals surface area contributed by atoms with Crippen LogP contribution in [0.25, 0.3) is 0 Å². The maximum atomic E-state index is 13.4. The number of nitrogens with zero attached hydrogens (tertiary/aromatic N) is 4. The molecule has 1 unspecified atom stereocenters. The molecule has 4 N–H and O–H groups in total. The van der Waals surface area contributed by atoms with Gasteiger partial charge in [0, 0.05) is 44.0 Å². The molecule has 216 valence electrons. The molecule has 5 rings (SSSR count). The third kappa shape index (κ3) is 7.51. The van der Waals surface area contributed by atoms with Crippen LogP contribution in [0.5, 0.6) is 5.75 Å². The van der Waals surface area contributed by atoms with E-state index in [-0.39, 0.29) is 18.4 Å². The number of amides is 2. The average molecular weight is 551 g/mol. The molecule has 0 bridgehead atoms. The van der Waals surface area contributed by atoms with E-state index in [1.165, 1.54) is 5.56 Å². The Bertz CT molecular complexity index is 1150. The van der Waals surface area contributed by atoms with Crippen LogP contribution in [0.2, 0.25) is 0 Å². The number of ether oxygens (including phenoxy) is 2. The molecule has 40 heavy (non-hydrogen) atoms. The summed E-state index contributed by atoms with van der Waals surface area (Å²) >= 11 is 0. The molecule has 0 radical (unpaired) electrons. The molecular formula is C30H42N6O4. The first-order chi connectivity index (χ1) is 19.4. The van der Waals surface area contributed by atoms with Crippen LogP contribution < -0.4 is 15.4 Å². The van der Waals surface area contributed by atoms with E-state index < -0.39 is 6.10 Å². The van der Waals surface area contributed by atoms with Crippen LogP contribution in [-0.4, -0.2) is 110 Å². The van der Waals surface area contributed by atoms with E-state index in [1.807, 2.05) is 12.1 Å². The van der Waals surface area contributed by atoms with Gasteiger partial charge in [-0.15, -0.1) is 0 Å². The Balaban J connectivity index is 1.09. The summed E-state index contributed by atoms with van der Waals surface area (Å²) in [5, 5.41) is 18.3. The van der Waals surface area contributed by atoms with Crippen molar-refractivity contribution >= 4 is 17.6 Å². The zero-order valence-corrected chi connectivity index (χ0v) is 23.2. The fourth-order valence-electron chi connectivity index (χ4n) is 5.81. The summed E-state index contributed by atoms with van der Waals surface area (Å²) in [6.45, 7) is 9.20. The van der Waals surface area contributed by atoms with Gasteiger partial charge in [-0.2, -0.15) is 0 Å².